The Kier molecular flexibility index (Phi) is 2.76. The van der Waals surface area contributed by atoms with Crippen LogP contribution in [0.25, 0.3) is 0 Å². The number of nitrogens with one attached hydrogen (secondary N) is 1. The van der Waals surface area contributed by atoms with Gasteiger partial charge in [-0.05, 0) is 22.7 Å². The van der Waals surface area contributed by atoms with Gasteiger partial charge < -0.3 is 14.7 Å². The molecule has 0 amide bonds. The largest absolute Gasteiger partial charge is 0.344 e. The molecule has 1 atom stereocenters. The van der Waals surface area contributed by atoms with Crippen LogP contribution in [0.2, 0.25) is 0 Å². The number of rotatable bonds is 2. The highest BCUT2D eigenvalue weighted by molar-refractivity contribution is 5.31. The van der Waals surface area contributed by atoms with E-state index >= 15 is 0 Å². The molecular formula is C13H16N4O. The number of nitrogens with zero attached hydrogens (tertiary/aromatic N) is 3. The first-order chi connectivity index (χ1) is 8.74. The van der Waals surface area contributed by atoms with Gasteiger partial charge in [0.05, 0.1) is 6.04 Å². The van der Waals surface area contributed by atoms with Crippen molar-refractivity contribution in [1.82, 2.24) is 15.5 Å². The normalized spacial score (nSPS) is 18.4. The van der Waals surface area contributed by atoms with Crippen molar-refractivity contribution in [3.05, 3.63) is 41.3 Å². The van der Waals surface area contributed by atoms with Crippen molar-refractivity contribution in [2.75, 3.05) is 19.0 Å². The fraction of sp³-hybridized carbons (Fsp3) is 0.385. The number of fused-ring (bicyclic) bond motifs is 1. The molecule has 0 spiro atoms. The summed E-state index contributed by atoms with van der Waals surface area (Å²) in [6.07, 6.45) is 0.894. The Hall–Kier alpha value is -1.88. The summed E-state index contributed by atoms with van der Waals surface area (Å²) in [7, 11) is 3.80. The third-order valence-electron chi connectivity index (χ3n) is 3.21. The topological polar surface area (TPSA) is 54.2 Å². The predicted octanol–water partition coefficient (Wildman–Crippen LogP) is 1.52. The molecule has 0 aliphatic carbocycles. The van der Waals surface area contributed by atoms with Crippen LogP contribution in [0, 0.1) is 0 Å². The Morgan fingerprint density at radius 1 is 1.28 bits per heavy atom. The summed E-state index contributed by atoms with van der Waals surface area (Å²) >= 11 is 0. The van der Waals surface area contributed by atoms with Gasteiger partial charge in [0, 0.05) is 20.6 Å². The summed E-state index contributed by atoms with van der Waals surface area (Å²) in [6, 6.07) is 8.56. The first kappa shape index (κ1) is 11.2. The third-order valence-corrected chi connectivity index (χ3v) is 3.21. The van der Waals surface area contributed by atoms with Crippen LogP contribution in [0.4, 0.5) is 5.95 Å². The van der Waals surface area contributed by atoms with Crippen LogP contribution in [0.15, 0.2) is 28.8 Å². The quantitative estimate of drug-likeness (QED) is 0.868. The van der Waals surface area contributed by atoms with Gasteiger partial charge in [-0.25, -0.2) is 0 Å². The number of aromatic nitrogens is 2. The maximum Gasteiger partial charge on any atom is 0.265 e. The molecule has 0 fully saturated rings. The second-order valence-electron chi connectivity index (χ2n) is 4.73. The highest BCUT2D eigenvalue weighted by atomic mass is 16.5. The molecule has 0 bridgehead atoms. The molecule has 1 aliphatic rings. The van der Waals surface area contributed by atoms with Crippen molar-refractivity contribution >= 4 is 5.95 Å². The molecule has 1 aromatic carbocycles. The molecule has 1 unspecified atom stereocenters. The second-order valence-corrected chi connectivity index (χ2v) is 4.73. The van der Waals surface area contributed by atoms with Gasteiger partial charge in [0.1, 0.15) is 0 Å². The molecular weight excluding hydrogens is 228 g/mol. The fourth-order valence-corrected chi connectivity index (χ4v) is 2.18. The second kappa shape index (κ2) is 4.42. The molecule has 0 radical (unpaired) electrons. The first-order valence-electron chi connectivity index (χ1n) is 6.05. The maximum atomic E-state index is 5.32. The van der Waals surface area contributed by atoms with E-state index in [9.17, 15) is 0 Å². The van der Waals surface area contributed by atoms with Crippen LogP contribution in [0.5, 0.6) is 0 Å². The lowest BCUT2D eigenvalue weighted by atomic mass is 9.96. The summed E-state index contributed by atoms with van der Waals surface area (Å²) in [5.74, 6) is 1.28. The zero-order chi connectivity index (χ0) is 12.5. The van der Waals surface area contributed by atoms with Crippen LogP contribution in [-0.4, -0.2) is 24.2 Å². The summed E-state index contributed by atoms with van der Waals surface area (Å²) < 4.78 is 5.32. The van der Waals surface area contributed by atoms with Gasteiger partial charge >= 0.3 is 0 Å². The zero-order valence-electron chi connectivity index (χ0n) is 10.6. The molecule has 1 aliphatic heterocycles. The Bertz CT molecular complexity index is 549. The molecule has 3 rings (SSSR count). The highest BCUT2D eigenvalue weighted by Crippen LogP contribution is 2.25. The molecule has 1 aromatic heterocycles. The van der Waals surface area contributed by atoms with Crippen LogP contribution in [0.3, 0.4) is 0 Å². The minimum atomic E-state index is 0.112. The standard InChI is InChI=1S/C13H16N4O/c1-17(2)13-15-12(18-16-13)11-7-9-5-3-4-6-10(9)8-14-11/h3-6,11,14H,7-8H2,1-2H3. The van der Waals surface area contributed by atoms with E-state index in [1.807, 2.05) is 19.0 Å². The first-order valence-corrected chi connectivity index (χ1v) is 6.05. The minimum Gasteiger partial charge on any atom is -0.344 e. The monoisotopic (exact) mass is 244 g/mol. The van der Waals surface area contributed by atoms with E-state index in [2.05, 4.69) is 39.7 Å². The van der Waals surface area contributed by atoms with Crippen molar-refractivity contribution in [1.29, 1.82) is 0 Å². The lowest BCUT2D eigenvalue weighted by molar-refractivity contribution is 0.321. The molecule has 0 saturated heterocycles. The number of anilines is 1. The van der Waals surface area contributed by atoms with Crippen molar-refractivity contribution in [3.8, 4) is 0 Å². The van der Waals surface area contributed by atoms with Crippen LogP contribution in [0.1, 0.15) is 23.1 Å². The molecule has 5 heteroatoms. The third kappa shape index (κ3) is 1.97. The van der Waals surface area contributed by atoms with Gasteiger partial charge in [-0.1, -0.05) is 24.3 Å². The van der Waals surface area contributed by atoms with E-state index in [1.54, 1.807) is 0 Å². The van der Waals surface area contributed by atoms with E-state index < -0.39 is 0 Å². The lowest BCUT2D eigenvalue weighted by Gasteiger charge is -2.23. The average Bonchev–Trinajstić information content (AvgIpc) is 2.88. The fourth-order valence-electron chi connectivity index (χ4n) is 2.18. The van der Waals surface area contributed by atoms with Crippen LogP contribution < -0.4 is 10.2 Å². The van der Waals surface area contributed by atoms with Crippen molar-refractivity contribution < 1.29 is 4.52 Å². The summed E-state index contributed by atoms with van der Waals surface area (Å²) in [5.41, 5.74) is 2.70. The Balaban J connectivity index is 1.83. The zero-order valence-corrected chi connectivity index (χ0v) is 10.6. The van der Waals surface area contributed by atoms with Gasteiger partial charge in [0.25, 0.3) is 5.95 Å². The Morgan fingerprint density at radius 3 is 2.78 bits per heavy atom. The Morgan fingerprint density at radius 2 is 2.06 bits per heavy atom. The smallest absolute Gasteiger partial charge is 0.265 e. The number of hydrogen-bond donors (Lipinski definition) is 1. The predicted molar refractivity (Wildman–Crippen MR) is 68.4 cm³/mol. The van der Waals surface area contributed by atoms with Crippen molar-refractivity contribution in [2.24, 2.45) is 0 Å². The van der Waals surface area contributed by atoms with Gasteiger partial charge in [-0.15, -0.1) is 0 Å². The molecule has 2 aromatic rings. The lowest BCUT2D eigenvalue weighted by Crippen LogP contribution is -2.28. The van der Waals surface area contributed by atoms with Crippen molar-refractivity contribution in [2.45, 2.75) is 19.0 Å². The minimum absolute atomic E-state index is 0.112. The summed E-state index contributed by atoms with van der Waals surface area (Å²) in [5, 5.41) is 7.38. The highest BCUT2D eigenvalue weighted by Gasteiger charge is 2.24. The van der Waals surface area contributed by atoms with Crippen LogP contribution >= 0.6 is 0 Å². The maximum absolute atomic E-state index is 5.32. The van der Waals surface area contributed by atoms with Gasteiger partial charge in [0.2, 0.25) is 5.89 Å². The van der Waals surface area contributed by atoms with Crippen molar-refractivity contribution in [3.63, 3.8) is 0 Å². The number of hydrogen-bond acceptors (Lipinski definition) is 5. The van der Waals surface area contributed by atoms with E-state index in [4.69, 9.17) is 4.52 Å². The molecule has 18 heavy (non-hydrogen) atoms. The average molecular weight is 244 g/mol. The van der Waals surface area contributed by atoms with Crippen LogP contribution in [-0.2, 0) is 13.0 Å². The summed E-state index contributed by atoms with van der Waals surface area (Å²) in [6.45, 7) is 0.848. The number of benzene rings is 1. The molecule has 94 valence electrons. The van der Waals surface area contributed by atoms with E-state index in [0.717, 1.165) is 13.0 Å². The van der Waals surface area contributed by atoms with E-state index in [1.165, 1.54) is 11.1 Å². The Labute approximate surface area is 106 Å². The SMILES string of the molecule is CN(C)c1noc(C2Cc3ccccc3CN2)n1. The van der Waals surface area contributed by atoms with Gasteiger partial charge in [-0.2, -0.15) is 4.98 Å². The molecule has 2 heterocycles. The van der Waals surface area contributed by atoms with Gasteiger partial charge in [0.15, 0.2) is 0 Å². The van der Waals surface area contributed by atoms with Gasteiger partial charge in [-0.3, -0.25) is 0 Å². The van der Waals surface area contributed by atoms with E-state index in [-0.39, 0.29) is 6.04 Å². The molecule has 0 saturated carbocycles. The molecule has 1 N–H and O–H groups in total. The summed E-state index contributed by atoms with van der Waals surface area (Å²) in [4.78, 5) is 6.23. The molecule has 5 nitrogen and oxygen atoms in total. The van der Waals surface area contributed by atoms with E-state index in [0.29, 0.717) is 11.8 Å².